The highest BCUT2D eigenvalue weighted by atomic mass is 16.3. The van der Waals surface area contributed by atoms with Gasteiger partial charge in [0.1, 0.15) is 6.23 Å². The third-order valence-electron chi connectivity index (χ3n) is 4.21. The van der Waals surface area contributed by atoms with E-state index in [0.29, 0.717) is 12.2 Å². The number of rotatable bonds is 7. The average Bonchev–Trinajstić information content (AvgIpc) is 2.90. The molecule has 1 aromatic heterocycles. The fourth-order valence-electron chi connectivity index (χ4n) is 2.87. The number of carbonyl (C=O) groups excluding carboxylic acids is 1. The van der Waals surface area contributed by atoms with Gasteiger partial charge in [-0.15, -0.1) is 6.58 Å². The zero-order valence-electron chi connectivity index (χ0n) is 15.2. The minimum Gasteiger partial charge on any atom is -0.377 e. The standard InChI is InChI=1S/C19H28N4O2/c1-5-6-9-12-23-14-11-8-7-10-13(14)15(22-23)18(25)21-16(17(20)24)19(2,3)4/h5,7-8,10-11,16-17,24H,1,6,9,12,20H2,2-4H3,(H,21,25)/t16-,17?/m1/s1. The second-order valence-corrected chi connectivity index (χ2v) is 7.33. The predicted octanol–water partition coefficient (Wildman–Crippen LogP) is 2.42. The number of amides is 1. The molecule has 6 heteroatoms. The van der Waals surface area contributed by atoms with Gasteiger partial charge >= 0.3 is 0 Å². The number of allylic oxidation sites excluding steroid dienone is 1. The molecule has 1 heterocycles. The van der Waals surface area contributed by atoms with Crippen LogP contribution in [-0.4, -0.2) is 33.1 Å². The largest absolute Gasteiger partial charge is 0.377 e. The van der Waals surface area contributed by atoms with Gasteiger partial charge in [-0.25, -0.2) is 0 Å². The lowest BCUT2D eigenvalue weighted by Gasteiger charge is -2.33. The number of unbranched alkanes of at least 4 members (excludes halogenated alkanes) is 1. The van der Waals surface area contributed by atoms with Gasteiger partial charge in [-0.3, -0.25) is 9.48 Å². The van der Waals surface area contributed by atoms with Crippen molar-refractivity contribution in [3.8, 4) is 0 Å². The van der Waals surface area contributed by atoms with E-state index < -0.39 is 12.3 Å². The van der Waals surface area contributed by atoms with Crippen LogP contribution in [0, 0.1) is 5.41 Å². The van der Waals surface area contributed by atoms with E-state index in [1.807, 2.05) is 55.8 Å². The molecule has 136 valence electrons. The van der Waals surface area contributed by atoms with Crippen LogP contribution in [0.4, 0.5) is 0 Å². The summed E-state index contributed by atoms with van der Waals surface area (Å²) in [6.45, 7) is 10.2. The topological polar surface area (TPSA) is 93.2 Å². The van der Waals surface area contributed by atoms with Crippen LogP contribution in [0.25, 0.3) is 10.9 Å². The molecule has 4 N–H and O–H groups in total. The number of carbonyl (C=O) groups is 1. The van der Waals surface area contributed by atoms with Crippen LogP contribution < -0.4 is 11.1 Å². The number of para-hydroxylation sites is 1. The van der Waals surface area contributed by atoms with Gasteiger partial charge in [0.2, 0.25) is 0 Å². The van der Waals surface area contributed by atoms with Crippen LogP contribution in [0.2, 0.25) is 0 Å². The Labute approximate surface area is 148 Å². The summed E-state index contributed by atoms with van der Waals surface area (Å²) < 4.78 is 1.85. The summed E-state index contributed by atoms with van der Waals surface area (Å²) in [6, 6.07) is 7.06. The molecule has 6 nitrogen and oxygen atoms in total. The van der Waals surface area contributed by atoms with E-state index >= 15 is 0 Å². The Balaban J connectivity index is 2.33. The third kappa shape index (κ3) is 4.46. The fourth-order valence-corrected chi connectivity index (χ4v) is 2.87. The number of nitrogens with zero attached hydrogens (tertiary/aromatic N) is 2. The molecule has 0 saturated carbocycles. The molecule has 2 atom stereocenters. The molecule has 1 amide bonds. The van der Waals surface area contributed by atoms with Gasteiger partial charge in [0, 0.05) is 11.9 Å². The summed E-state index contributed by atoms with van der Waals surface area (Å²) >= 11 is 0. The van der Waals surface area contributed by atoms with E-state index in [0.717, 1.165) is 23.7 Å². The summed E-state index contributed by atoms with van der Waals surface area (Å²) in [5, 5.41) is 18.0. The van der Waals surface area contributed by atoms with Gasteiger partial charge in [-0.05, 0) is 24.3 Å². The van der Waals surface area contributed by atoms with E-state index in [2.05, 4.69) is 17.0 Å². The smallest absolute Gasteiger partial charge is 0.272 e. The van der Waals surface area contributed by atoms with Crippen LogP contribution in [0.3, 0.4) is 0 Å². The van der Waals surface area contributed by atoms with Crippen molar-refractivity contribution in [2.24, 2.45) is 11.1 Å². The van der Waals surface area contributed by atoms with E-state index in [1.165, 1.54) is 0 Å². The SMILES string of the molecule is C=CCCCn1nc(C(=O)N[C@H](C(N)O)C(C)(C)C)c2ccccc21. The molecule has 0 aliphatic heterocycles. The summed E-state index contributed by atoms with van der Waals surface area (Å²) in [5.74, 6) is -0.330. The molecule has 25 heavy (non-hydrogen) atoms. The Hall–Kier alpha value is -2.18. The number of aromatic nitrogens is 2. The molecule has 0 aliphatic carbocycles. The van der Waals surface area contributed by atoms with Crippen molar-refractivity contribution in [3.63, 3.8) is 0 Å². The van der Waals surface area contributed by atoms with Gasteiger partial charge in [0.05, 0.1) is 11.6 Å². The normalized spacial score (nSPS) is 14.3. The molecular formula is C19H28N4O2. The Bertz CT molecular complexity index is 743. The molecule has 2 aromatic rings. The Morgan fingerprint density at radius 1 is 1.44 bits per heavy atom. The van der Waals surface area contributed by atoms with E-state index in [1.54, 1.807) is 0 Å². The number of hydrogen-bond donors (Lipinski definition) is 3. The zero-order valence-corrected chi connectivity index (χ0v) is 15.2. The van der Waals surface area contributed by atoms with Crippen LogP contribution in [0.15, 0.2) is 36.9 Å². The van der Waals surface area contributed by atoms with Crippen molar-refractivity contribution in [2.75, 3.05) is 0 Å². The van der Waals surface area contributed by atoms with Crippen molar-refractivity contribution in [2.45, 2.75) is 52.4 Å². The highest BCUT2D eigenvalue weighted by molar-refractivity contribution is 6.05. The number of fused-ring (bicyclic) bond motifs is 1. The molecule has 0 fully saturated rings. The first kappa shape index (κ1) is 19.1. The second-order valence-electron chi connectivity index (χ2n) is 7.33. The monoisotopic (exact) mass is 344 g/mol. The average molecular weight is 344 g/mol. The lowest BCUT2D eigenvalue weighted by molar-refractivity contribution is 0.0609. The number of nitrogens with two attached hydrogens (primary N) is 1. The summed E-state index contributed by atoms with van der Waals surface area (Å²) in [7, 11) is 0. The molecule has 0 saturated heterocycles. The van der Waals surface area contributed by atoms with Gasteiger partial charge in [0.25, 0.3) is 5.91 Å². The number of aliphatic hydroxyl groups excluding tert-OH is 1. The Morgan fingerprint density at radius 3 is 2.72 bits per heavy atom. The number of aliphatic hydroxyl groups is 1. The number of benzene rings is 1. The lowest BCUT2D eigenvalue weighted by Crippen LogP contribution is -2.54. The highest BCUT2D eigenvalue weighted by Gasteiger charge is 2.32. The molecule has 1 aromatic carbocycles. The number of aryl methyl sites for hydroxylation is 1. The quantitative estimate of drug-likeness (QED) is 0.408. The van der Waals surface area contributed by atoms with E-state index in [9.17, 15) is 9.90 Å². The second kappa shape index (κ2) is 7.80. The molecule has 0 spiro atoms. The molecular weight excluding hydrogens is 316 g/mol. The van der Waals surface area contributed by atoms with Crippen LogP contribution in [0.5, 0.6) is 0 Å². The lowest BCUT2D eigenvalue weighted by atomic mass is 9.85. The molecule has 1 unspecified atom stereocenters. The van der Waals surface area contributed by atoms with Gasteiger partial charge in [-0.2, -0.15) is 5.10 Å². The van der Waals surface area contributed by atoms with Gasteiger partial charge in [0.15, 0.2) is 5.69 Å². The number of nitrogens with one attached hydrogen (secondary N) is 1. The van der Waals surface area contributed by atoms with Crippen molar-refractivity contribution in [3.05, 3.63) is 42.6 Å². The van der Waals surface area contributed by atoms with Crippen LogP contribution in [0.1, 0.15) is 44.1 Å². The Kier molecular flexibility index (Phi) is 5.98. The predicted molar refractivity (Wildman–Crippen MR) is 100 cm³/mol. The van der Waals surface area contributed by atoms with Crippen LogP contribution in [-0.2, 0) is 6.54 Å². The first-order chi connectivity index (χ1) is 11.8. The minimum atomic E-state index is -1.15. The highest BCUT2D eigenvalue weighted by Crippen LogP contribution is 2.23. The summed E-state index contributed by atoms with van der Waals surface area (Å²) in [4.78, 5) is 12.8. The van der Waals surface area contributed by atoms with E-state index in [4.69, 9.17) is 5.73 Å². The number of hydrogen-bond acceptors (Lipinski definition) is 4. The van der Waals surface area contributed by atoms with E-state index in [-0.39, 0.29) is 11.3 Å². The molecule has 0 bridgehead atoms. The van der Waals surface area contributed by atoms with Crippen molar-refractivity contribution >= 4 is 16.8 Å². The van der Waals surface area contributed by atoms with Crippen LogP contribution >= 0.6 is 0 Å². The van der Waals surface area contributed by atoms with Crippen molar-refractivity contribution in [1.29, 1.82) is 0 Å². The maximum Gasteiger partial charge on any atom is 0.272 e. The summed E-state index contributed by atoms with van der Waals surface area (Å²) in [6.07, 6.45) is 2.52. The van der Waals surface area contributed by atoms with Crippen molar-refractivity contribution in [1.82, 2.24) is 15.1 Å². The Morgan fingerprint density at radius 2 is 2.12 bits per heavy atom. The minimum absolute atomic E-state index is 0.330. The molecule has 0 aliphatic rings. The zero-order chi connectivity index (χ0) is 18.6. The third-order valence-corrected chi connectivity index (χ3v) is 4.21. The van der Waals surface area contributed by atoms with Crippen molar-refractivity contribution < 1.29 is 9.90 Å². The first-order valence-corrected chi connectivity index (χ1v) is 8.56. The van der Waals surface area contributed by atoms with Gasteiger partial charge in [-0.1, -0.05) is 45.0 Å². The summed E-state index contributed by atoms with van der Waals surface area (Å²) in [5.41, 5.74) is 6.54. The van der Waals surface area contributed by atoms with Gasteiger partial charge < -0.3 is 16.2 Å². The first-order valence-electron chi connectivity index (χ1n) is 8.56. The molecule has 0 radical (unpaired) electrons. The maximum atomic E-state index is 12.8. The fraction of sp³-hybridized carbons (Fsp3) is 0.474. The maximum absolute atomic E-state index is 12.8. The molecule has 2 rings (SSSR count).